The van der Waals surface area contributed by atoms with Gasteiger partial charge in [0.2, 0.25) is 0 Å². The number of benzene rings is 1. The standard InChI is InChI=1S/C13H17FO2/c1-2-3-8-12(15)13(16)9-10-6-4-5-7-11(10)14/h4-7,12,15H,2-3,8-9H2,1H3/t12-/m0/s1. The first-order chi connectivity index (χ1) is 7.65. The number of carbonyl (C=O) groups excluding carboxylic acids is 1. The number of Topliss-reactive ketones (excluding diaryl/α,β-unsaturated/α-hetero) is 1. The average Bonchev–Trinajstić information content (AvgIpc) is 2.28. The van der Waals surface area contributed by atoms with Gasteiger partial charge in [-0.05, 0) is 18.1 Å². The molecule has 2 nitrogen and oxygen atoms in total. The van der Waals surface area contributed by atoms with Crippen LogP contribution in [0.25, 0.3) is 0 Å². The molecule has 0 heterocycles. The Morgan fingerprint density at radius 3 is 2.75 bits per heavy atom. The molecule has 1 aromatic carbocycles. The summed E-state index contributed by atoms with van der Waals surface area (Å²) in [6.07, 6.45) is 1.22. The maximum atomic E-state index is 13.2. The molecule has 0 saturated heterocycles. The van der Waals surface area contributed by atoms with E-state index in [-0.39, 0.29) is 12.2 Å². The Morgan fingerprint density at radius 1 is 1.44 bits per heavy atom. The summed E-state index contributed by atoms with van der Waals surface area (Å²) < 4.78 is 13.2. The normalized spacial score (nSPS) is 12.4. The Morgan fingerprint density at radius 2 is 2.12 bits per heavy atom. The summed E-state index contributed by atoms with van der Waals surface area (Å²) in [5, 5.41) is 9.53. The van der Waals surface area contributed by atoms with Crippen molar-refractivity contribution in [1.29, 1.82) is 0 Å². The largest absolute Gasteiger partial charge is 0.385 e. The van der Waals surface area contributed by atoms with Crippen molar-refractivity contribution in [3.8, 4) is 0 Å². The van der Waals surface area contributed by atoms with Gasteiger partial charge in [0.25, 0.3) is 0 Å². The lowest BCUT2D eigenvalue weighted by Crippen LogP contribution is -2.22. The summed E-state index contributed by atoms with van der Waals surface area (Å²) in [7, 11) is 0. The molecule has 0 amide bonds. The molecule has 0 radical (unpaired) electrons. The molecule has 1 N–H and O–H groups in total. The Balaban J connectivity index is 2.54. The van der Waals surface area contributed by atoms with Crippen molar-refractivity contribution in [3.05, 3.63) is 35.6 Å². The number of ketones is 1. The van der Waals surface area contributed by atoms with E-state index in [1.54, 1.807) is 18.2 Å². The molecule has 1 rings (SSSR count). The number of hydrogen-bond acceptors (Lipinski definition) is 2. The topological polar surface area (TPSA) is 37.3 Å². The van der Waals surface area contributed by atoms with Gasteiger partial charge in [-0.15, -0.1) is 0 Å². The highest BCUT2D eigenvalue weighted by Gasteiger charge is 2.16. The van der Waals surface area contributed by atoms with Gasteiger partial charge in [-0.2, -0.15) is 0 Å². The smallest absolute Gasteiger partial charge is 0.165 e. The second-order valence-electron chi connectivity index (χ2n) is 3.89. The van der Waals surface area contributed by atoms with Gasteiger partial charge in [0, 0.05) is 6.42 Å². The van der Waals surface area contributed by atoms with E-state index >= 15 is 0 Å². The van der Waals surface area contributed by atoms with Crippen LogP contribution in [0.3, 0.4) is 0 Å². The highest BCUT2D eigenvalue weighted by molar-refractivity contribution is 5.84. The maximum Gasteiger partial charge on any atom is 0.165 e. The zero-order valence-corrected chi connectivity index (χ0v) is 9.45. The van der Waals surface area contributed by atoms with Gasteiger partial charge in [0.1, 0.15) is 11.9 Å². The number of rotatable bonds is 6. The summed E-state index contributed by atoms with van der Waals surface area (Å²) in [6, 6.07) is 6.15. The van der Waals surface area contributed by atoms with E-state index in [2.05, 4.69) is 0 Å². The van der Waals surface area contributed by atoms with Crippen molar-refractivity contribution in [2.75, 3.05) is 0 Å². The molecule has 0 fully saturated rings. The third-order valence-electron chi connectivity index (χ3n) is 2.53. The van der Waals surface area contributed by atoms with E-state index in [4.69, 9.17) is 0 Å². The van der Waals surface area contributed by atoms with Crippen LogP contribution in [0.4, 0.5) is 4.39 Å². The second-order valence-corrected chi connectivity index (χ2v) is 3.89. The fraction of sp³-hybridized carbons (Fsp3) is 0.462. The van der Waals surface area contributed by atoms with Gasteiger partial charge in [-0.25, -0.2) is 4.39 Å². The summed E-state index contributed by atoms with van der Waals surface area (Å²) in [5.41, 5.74) is 0.350. The Labute approximate surface area is 95.1 Å². The first kappa shape index (κ1) is 12.8. The van der Waals surface area contributed by atoms with Crippen LogP contribution in [-0.2, 0) is 11.2 Å². The van der Waals surface area contributed by atoms with Crippen LogP contribution in [0.1, 0.15) is 31.7 Å². The summed E-state index contributed by atoms with van der Waals surface area (Å²) in [4.78, 5) is 11.6. The molecule has 0 aromatic heterocycles. The van der Waals surface area contributed by atoms with E-state index in [0.717, 1.165) is 12.8 Å². The molecule has 0 bridgehead atoms. The van der Waals surface area contributed by atoms with Crippen LogP contribution < -0.4 is 0 Å². The van der Waals surface area contributed by atoms with Crippen molar-refractivity contribution in [3.63, 3.8) is 0 Å². The molecule has 0 aliphatic carbocycles. The third kappa shape index (κ3) is 3.74. The maximum absolute atomic E-state index is 13.2. The highest BCUT2D eigenvalue weighted by Crippen LogP contribution is 2.10. The second kappa shape index (κ2) is 6.38. The number of halogens is 1. The monoisotopic (exact) mass is 224 g/mol. The van der Waals surface area contributed by atoms with Crippen molar-refractivity contribution in [2.45, 2.75) is 38.7 Å². The molecule has 1 atom stereocenters. The molecular weight excluding hydrogens is 207 g/mol. The molecule has 3 heteroatoms. The zero-order valence-electron chi connectivity index (χ0n) is 9.45. The van der Waals surface area contributed by atoms with E-state index in [1.807, 2.05) is 6.92 Å². The molecule has 1 aromatic rings. The lowest BCUT2D eigenvalue weighted by molar-refractivity contribution is -0.126. The molecule has 0 aliphatic heterocycles. The number of aliphatic hydroxyl groups excluding tert-OH is 1. The minimum Gasteiger partial charge on any atom is -0.385 e. The molecule has 0 unspecified atom stereocenters. The van der Waals surface area contributed by atoms with Crippen LogP contribution in [0.5, 0.6) is 0 Å². The van der Waals surface area contributed by atoms with Gasteiger partial charge in [0.15, 0.2) is 5.78 Å². The molecule has 0 spiro atoms. The number of aliphatic hydroxyl groups is 1. The van der Waals surface area contributed by atoms with Gasteiger partial charge in [-0.1, -0.05) is 38.0 Å². The van der Waals surface area contributed by atoms with Crippen molar-refractivity contribution < 1.29 is 14.3 Å². The van der Waals surface area contributed by atoms with Crippen LogP contribution in [-0.4, -0.2) is 17.0 Å². The van der Waals surface area contributed by atoms with Crippen molar-refractivity contribution in [1.82, 2.24) is 0 Å². The van der Waals surface area contributed by atoms with Crippen LogP contribution in [0, 0.1) is 5.82 Å². The number of carbonyl (C=O) groups is 1. The molecule has 88 valence electrons. The lowest BCUT2D eigenvalue weighted by Gasteiger charge is -2.09. The highest BCUT2D eigenvalue weighted by atomic mass is 19.1. The first-order valence-corrected chi connectivity index (χ1v) is 5.59. The fourth-order valence-corrected chi connectivity index (χ4v) is 1.51. The Hall–Kier alpha value is -1.22. The fourth-order valence-electron chi connectivity index (χ4n) is 1.51. The third-order valence-corrected chi connectivity index (χ3v) is 2.53. The average molecular weight is 224 g/mol. The summed E-state index contributed by atoms with van der Waals surface area (Å²) in [6.45, 7) is 1.99. The quantitative estimate of drug-likeness (QED) is 0.806. The van der Waals surface area contributed by atoms with Gasteiger partial charge >= 0.3 is 0 Å². The molecule has 16 heavy (non-hydrogen) atoms. The van der Waals surface area contributed by atoms with E-state index in [1.165, 1.54) is 6.07 Å². The van der Waals surface area contributed by atoms with E-state index in [9.17, 15) is 14.3 Å². The van der Waals surface area contributed by atoms with Gasteiger partial charge in [0.05, 0.1) is 0 Å². The predicted molar refractivity (Wildman–Crippen MR) is 60.6 cm³/mol. The Bertz CT molecular complexity index is 350. The van der Waals surface area contributed by atoms with Gasteiger partial charge in [-0.3, -0.25) is 4.79 Å². The van der Waals surface area contributed by atoms with E-state index in [0.29, 0.717) is 12.0 Å². The number of unbranched alkanes of at least 4 members (excludes halogenated alkanes) is 1. The Kier molecular flexibility index (Phi) is 5.12. The summed E-state index contributed by atoms with van der Waals surface area (Å²) >= 11 is 0. The SMILES string of the molecule is CCCC[C@H](O)C(=O)Cc1ccccc1F. The lowest BCUT2D eigenvalue weighted by atomic mass is 10.0. The predicted octanol–water partition coefficient (Wildman–Crippen LogP) is 2.49. The minimum absolute atomic E-state index is 0.0302. The van der Waals surface area contributed by atoms with Crippen LogP contribution in [0.15, 0.2) is 24.3 Å². The van der Waals surface area contributed by atoms with Crippen LogP contribution >= 0.6 is 0 Å². The van der Waals surface area contributed by atoms with Crippen molar-refractivity contribution in [2.24, 2.45) is 0 Å². The van der Waals surface area contributed by atoms with Crippen molar-refractivity contribution >= 4 is 5.78 Å². The summed E-state index contributed by atoms with van der Waals surface area (Å²) in [5.74, 6) is -0.697. The minimum atomic E-state index is -0.959. The number of hydrogen-bond donors (Lipinski definition) is 1. The first-order valence-electron chi connectivity index (χ1n) is 5.59. The molecular formula is C13H17FO2. The van der Waals surface area contributed by atoms with Crippen LogP contribution in [0.2, 0.25) is 0 Å². The van der Waals surface area contributed by atoms with Gasteiger partial charge < -0.3 is 5.11 Å². The zero-order chi connectivity index (χ0) is 12.0. The van der Waals surface area contributed by atoms with E-state index < -0.39 is 11.9 Å². The molecule has 0 aliphatic rings. The molecule has 0 saturated carbocycles.